The van der Waals surface area contributed by atoms with Gasteiger partial charge in [-0.1, -0.05) is 15.1 Å². The van der Waals surface area contributed by atoms with Gasteiger partial charge in [0, 0.05) is 0 Å². The van der Waals surface area contributed by atoms with Crippen LogP contribution in [-0.4, -0.2) is 15.8 Å². The fourth-order valence-corrected chi connectivity index (χ4v) is 2.09. The van der Waals surface area contributed by atoms with Gasteiger partial charge in [-0.25, -0.2) is 15.8 Å². The van der Waals surface area contributed by atoms with Gasteiger partial charge in [0.15, 0.2) is 0 Å². The van der Waals surface area contributed by atoms with Crippen molar-refractivity contribution in [2.45, 2.75) is 58.3 Å². The van der Waals surface area contributed by atoms with Crippen molar-refractivity contribution in [2.24, 2.45) is 0 Å². The molecule has 24 heavy (non-hydrogen) atoms. The van der Waals surface area contributed by atoms with E-state index in [1.807, 2.05) is 0 Å². The van der Waals surface area contributed by atoms with Crippen LogP contribution in [0.15, 0.2) is 18.2 Å². The van der Waals surface area contributed by atoms with E-state index in [4.69, 9.17) is 30.4 Å². The van der Waals surface area contributed by atoms with Crippen LogP contribution in [0.2, 0.25) is 0 Å². The van der Waals surface area contributed by atoms with E-state index < -0.39 is 16.8 Å². The molecule has 0 unspecified atom stereocenters. The van der Waals surface area contributed by atoms with Crippen molar-refractivity contribution in [1.29, 1.82) is 0 Å². The minimum atomic E-state index is -1.04. The highest BCUT2D eigenvalue weighted by atomic mass is 17.5. The fraction of sp³-hybridized carbons (Fsp3) is 0.600. The molecule has 0 heterocycles. The Hall–Kier alpha value is -1.14. The minimum Gasteiger partial charge on any atom is -0.221 e. The number of hydrogen-bond donors (Lipinski definition) is 3. The molecule has 1 aromatic carbocycles. The molecule has 0 fully saturated rings. The summed E-state index contributed by atoms with van der Waals surface area (Å²) in [5.41, 5.74) is -1.33. The minimum absolute atomic E-state index is 0.591. The largest absolute Gasteiger partial charge is 0.221 e. The lowest BCUT2D eigenvalue weighted by Gasteiger charge is -2.30. The molecule has 3 N–H and O–H groups in total. The molecule has 0 radical (unpaired) electrons. The molecular weight excluding hydrogens is 324 g/mol. The summed E-state index contributed by atoms with van der Waals surface area (Å²) in [7, 11) is 0. The van der Waals surface area contributed by atoms with Crippen molar-refractivity contribution in [2.75, 3.05) is 0 Å². The quantitative estimate of drug-likeness (QED) is 0.454. The summed E-state index contributed by atoms with van der Waals surface area (Å²) in [5, 5.41) is 37.3. The molecule has 9 nitrogen and oxygen atoms in total. The molecule has 0 bridgehead atoms. The van der Waals surface area contributed by atoms with Crippen LogP contribution < -0.4 is 0 Å². The molecule has 0 aliphatic carbocycles. The molecule has 0 atom stereocenters. The summed E-state index contributed by atoms with van der Waals surface area (Å²) in [6.45, 7) is 9.99. The Morgan fingerprint density at radius 3 is 0.917 bits per heavy atom. The molecular formula is C15H24O9. The summed E-state index contributed by atoms with van der Waals surface area (Å²) in [4.78, 5) is 14.6. The van der Waals surface area contributed by atoms with E-state index in [2.05, 4.69) is 15.1 Å². The highest BCUT2D eigenvalue weighted by Gasteiger charge is 2.33. The monoisotopic (exact) mass is 348 g/mol. The first-order chi connectivity index (χ1) is 11.0. The average molecular weight is 348 g/mol. The summed E-state index contributed by atoms with van der Waals surface area (Å²) in [6, 6.07) is 5.16. The first-order valence-corrected chi connectivity index (χ1v) is 7.14. The molecule has 0 aliphatic heterocycles. The van der Waals surface area contributed by atoms with Crippen LogP contribution in [0.3, 0.4) is 0 Å². The van der Waals surface area contributed by atoms with Gasteiger partial charge in [0.2, 0.25) is 0 Å². The summed E-state index contributed by atoms with van der Waals surface area (Å²) in [6.07, 6.45) is 0. The van der Waals surface area contributed by atoms with Crippen LogP contribution in [0, 0.1) is 0 Å². The Morgan fingerprint density at radius 1 is 0.542 bits per heavy atom. The lowest BCUT2D eigenvalue weighted by atomic mass is 9.85. The van der Waals surface area contributed by atoms with Crippen molar-refractivity contribution in [3.63, 3.8) is 0 Å². The molecule has 0 amide bonds. The number of benzene rings is 1. The van der Waals surface area contributed by atoms with Crippen molar-refractivity contribution >= 4 is 0 Å². The van der Waals surface area contributed by atoms with E-state index in [1.165, 1.54) is 0 Å². The zero-order valence-electron chi connectivity index (χ0n) is 14.5. The number of hydrogen-bond acceptors (Lipinski definition) is 9. The first-order valence-electron chi connectivity index (χ1n) is 7.14. The van der Waals surface area contributed by atoms with Crippen molar-refractivity contribution in [3.05, 3.63) is 34.9 Å². The molecule has 0 saturated heterocycles. The fourth-order valence-electron chi connectivity index (χ4n) is 2.09. The molecule has 138 valence electrons. The van der Waals surface area contributed by atoms with E-state index in [-0.39, 0.29) is 0 Å². The van der Waals surface area contributed by atoms with Crippen LogP contribution in [0.1, 0.15) is 58.2 Å². The normalized spacial score (nSPS) is 13.4. The third kappa shape index (κ3) is 4.93. The maximum Gasteiger partial charge on any atom is 0.126 e. The van der Waals surface area contributed by atoms with E-state index in [1.54, 1.807) is 59.7 Å². The third-order valence-corrected chi connectivity index (χ3v) is 3.76. The Bertz CT molecular complexity index is 451. The van der Waals surface area contributed by atoms with Crippen LogP contribution in [0.4, 0.5) is 0 Å². The molecule has 0 aromatic heterocycles. The van der Waals surface area contributed by atoms with Gasteiger partial charge in [-0.3, -0.25) is 0 Å². The van der Waals surface area contributed by atoms with Crippen LogP contribution in [0.25, 0.3) is 0 Å². The van der Waals surface area contributed by atoms with E-state index in [9.17, 15) is 0 Å². The maximum absolute atomic E-state index is 8.61. The van der Waals surface area contributed by atoms with Crippen molar-refractivity contribution in [3.8, 4) is 0 Å². The highest BCUT2D eigenvalue weighted by Crippen LogP contribution is 2.36. The second kappa shape index (κ2) is 7.83. The average Bonchev–Trinajstić information content (AvgIpc) is 2.46. The van der Waals surface area contributed by atoms with Gasteiger partial charge < -0.3 is 0 Å². The van der Waals surface area contributed by atoms with Gasteiger partial charge >= 0.3 is 0 Å². The van der Waals surface area contributed by atoms with Crippen LogP contribution in [-0.2, 0) is 46.6 Å². The molecule has 0 saturated carbocycles. The Kier molecular flexibility index (Phi) is 6.82. The predicted molar refractivity (Wildman–Crippen MR) is 79.9 cm³/mol. The summed E-state index contributed by atoms with van der Waals surface area (Å²) in [5.74, 6) is 0. The molecule has 1 rings (SSSR count). The molecule has 0 aliphatic rings. The SMILES string of the molecule is CC(C)(OOO)c1cc(C(C)(C)OOO)cc(C(C)(C)OOO)c1. The lowest BCUT2D eigenvalue weighted by Crippen LogP contribution is -2.28. The predicted octanol–water partition coefficient (Wildman–Crippen LogP) is 3.66. The summed E-state index contributed by atoms with van der Waals surface area (Å²) < 4.78 is 0. The Balaban J connectivity index is 3.50. The van der Waals surface area contributed by atoms with Crippen LogP contribution in [0.5, 0.6) is 0 Å². The number of rotatable bonds is 9. The molecule has 0 spiro atoms. The van der Waals surface area contributed by atoms with E-state index >= 15 is 0 Å². The van der Waals surface area contributed by atoms with Gasteiger partial charge in [0.1, 0.15) is 16.8 Å². The molecule has 9 heteroatoms. The highest BCUT2D eigenvalue weighted by molar-refractivity contribution is 5.38. The topological polar surface area (TPSA) is 116 Å². The summed E-state index contributed by atoms with van der Waals surface area (Å²) >= 11 is 0. The zero-order valence-corrected chi connectivity index (χ0v) is 14.5. The molecule has 1 aromatic rings. The second-order valence-corrected chi connectivity index (χ2v) is 6.80. The van der Waals surface area contributed by atoms with Gasteiger partial charge in [0.25, 0.3) is 0 Å². The maximum atomic E-state index is 8.61. The van der Waals surface area contributed by atoms with Gasteiger partial charge in [-0.15, -0.1) is 0 Å². The third-order valence-electron chi connectivity index (χ3n) is 3.76. The van der Waals surface area contributed by atoms with Gasteiger partial charge in [-0.2, -0.15) is 14.7 Å². The first kappa shape index (κ1) is 20.9. The Labute approximate surface area is 139 Å². The van der Waals surface area contributed by atoms with E-state index in [0.29, 0.717) is 16.7 Å². The van der Waals surface area contributed by atoms with Gasteiger partial charge in [-0.05, 0) is 76.4 Å². The van der Waals surface area contributed by atoms with E-state index in [0.717, 1.165) is 0 Å². The van der Waals surface area contributed by atoms with Crippen LogP contribution >= 0.6 is 0 Å². The second-order valence-electron chi connectivity index (χ2n) is 6.80. The Morgan fingerprint density at radius 2 is 0.750 bits per heavy atom. The van der Waals surface area contributed by atoms with Gasteiger partial charge in [0.05, 0.1) is 0 Å². The van der Waals surface area contributed by atoms with Crippen molar-refractivity contribution in [1.82, 2.24) is 0 Å². The zero-order chi connectivity index (χ0) is 18.6. The van der Waals surface area contributed by atoms with Crippen molar-refractivity contribution < 1.29 is 45.5 Å². The smallest absolute Gasteiger partial charge is 0.126 e. The standard InChI is InChI=1S/C15H24O9/c1-13(2,19-22-16)10-7-11(14(3,4)20-23-17)9-12(8-10)15(5,6)21-24-18/h7-9,16-18H,1-6H3. The lowest BCUT2D eigenvalue weighted by molar-refractivity contribution is -0.526.